The van der Waals surface area contributed by atoms with Crippen molar-refractivity contribution in [3.05, 3.63) is 29.3 Å². The maximum absolute atomic E-state index is 8.46. The Morgan fingerprint density at radius 1 is 1.40 bits per heavy atom. The Morgan fingerprint density at radius 3 is 2.53 bits per heavy atom. The van der Waals surface area contributed by atoms with Gasteiger partial charge in [-0.25, -0.2) is 0 Å². The molecule has 80 valence electrons. The molecule has 15 heavy (non-hydrogen) atoms. The second kappa shape index (κ2) is 5.38. The van der Waals surface area contributed by atoms with Crippen molar-refractivity contribution in [3.63, 3.8) is 0 Å². The van der Waals surface area contributed by atoms with Gasteiger partial charge in [-0.15, -0.1) is 0 Å². The maximum atomic E-state index is 8.46. The Kier molecular flexibility index (Phi) is 4.14. The monoisotopic (exact) mass is 204 g/mol. The van der Waals surface area contributed by atoms with Crippen LogP contribution in [0, 0.1) is 25.2 Å². The SMILES string of the molecule is Cc1cccc(C)c1OCC(N)CC#N. The molecule has 0 aromatic heterocycles. The van der Waals surface area contributed by atoms with Gasteiger partial charge in [0.15, 0.2) is 0 Å². The summed E-state index contributed by atoms with van der Waals surface area (Å²) in [5, 5.41) is 8.46. The number of ether oxygens (including phenoxy) is 1. The van der Waals surface area contributed by atoms with Gasteiger partial charge in [-0.1, -0.05) is 18.2 Å². The molecule has 1 unspecified atom stereocenters. The van der Waals surface area contributed by atoms with Crippen molar-refractivity contribution < 1.29 is 4.74 Å². The molecule has 3 nitrogen and oxygen atoms in total. The summed E-state index contributed by atoms with van der Waals surface area (Å²) in [5.74, 6) is 0.880. The predicted octanol–water partition coefficient (Wildman–Crippen LogP) is 1.92. The lowest BCUT2D eigenvalue weighted by Crippen LogP contribution is -2.27. The van der Waals surface area contributed by atoms with Gasteiger partial charge in [0, 0.05) is 0 Å². The van der Waals surface area contributed by atoms with Crippen molar-refractivity contribution in [2.24, 2.45) is 5.73 Å². The van der Waals surface area contributed by atoms with Gasteiger partial charge < -0.3 is 10.5 Å². The van der Waals surface area contributed by atoms with Crippen molar-refractivity contribution in [1.82, 2.24) is 0 Å². The summed E-state index contributed by atoms with van der Waals surface area (Å²) >= 11 is 0. The summed E-state index contributed by atoms with van der Waals surface area (Å²) in [6.45, 7) is 4.38. The lowest BCUT2D eigenvalue weighted by atomic mass is 10.1. The van der Waals surface area contributed by atoms with Gasteiger partial charge in [-0.05, 0) is 25.0 Å². The Labute approximate surface area is 90.5 Å². The van der Waals surface area contributed by atoms with Crippen LogP contribution in [0.4, 0.5) is 0 Å². The van der Waals surface area contributed by atoms with Crippen molar-refractivity contribution in [2.75, 3.05) is 6.61 Å². The van der Waals surface area contributed by atoms with Gasteiger partial charge >= 0.3 is 0 Å². The number of hydrogen-bond donors (Lipinski definition) is 1. The van der Waals surface area contributed by atoms with E-state index >= 15 is 0 Å². The fraction of sp³-hybridized carbons (Fsp3) is 0.417. The van der Waals surface area contributed by atoms with E-state index in [1.54, 1.807) is 0 Å². The Balaban J connectivity index is 2.62. The minimum atomic E-state index is -0.214. The third kappa shape index (κ3) is 3.26. The third-order valence-electron chi connectivity index (χ3n) is 2.20. The summed E-state index contributed by atoms with van der Waals surface area (Å²) < 4.78 is 5.61. The quantitative estimate of drug-likeness (QED) is 0.815. The van der Waals surface area contributed by atoms with Crippen molar-refractivity contribution in [2.45, 2.75) is 26.3 Å². The van der Waals surface area contributed by atoms with Gasteiger partial charge in [-0.2, -0.15) is 5.26 Å². The molecule has 1 aromatic rings. The molecular formula is C12H16N2O. The molecule has 0 amide bonds. The molecule has 0 fully saturated rings. The standard InChI is InChI=1S/C12H16N2O/c1-9-4-3-5-10(2)12(9)15-8-11(14)6-7-13/h3-5,11H,6,8,14H2,1-2H3. The average molecular weight is 204 g/mol. The highest BCUT2D eigenvalue weighted by molar-refractivity contribution is 5.39. The summed E-state index contributed by atoms with van der Waals surface area (Å²) in [6, 6.07) is 7.80. The van der Waals surface area contributed by atoms with Gasteiger partial charge in [-0.3, -0.25) is 0 Å². The normalized spacial score (nSPS) is 11.9. The van der Waals surface area contributed by atoms with Crippen LogP contribution in [0.2, 0.25) is 0 Å². The number of rotatable bonds is 4. The number of hydrogen-bond acceptors (Lipinski definition) is 3. The van der Waals surface area contributed by atoms with E-state index in [1.165, 1.54) is 0 Å². The fourth-order valence-corrected chi connectivity index (χ4v) is 1.39. The summed E-state index contributed by atoms with van der Waals surface area (Å²) in [4.78, 5) is 0. The van der Waals surface area contributed by atoms with Gasteiger partial charge in [0.2, 0.25) is 0 Å². The molecule has 0 heterocycles. The number of benzene rings is 1. The van der Waals surface area contributed by atoms with Crippen molar-refractivity contribution in [3.8, 4) is 11.8 Å². The van der Waals surface area contributed by atoms with E-state index in [4.69, 9.17) is 15.7 Å². The molecular weight excluding hydrogens is 188 g/mol. The van der Waals surface area contributed by atoms with Crippen LogP contribution in [-0.2, 0) is 0 Å². The van der Waals surface area contributed by atoms with E-state index in [-0.39, 0.29) is 6.04 Å². The van der Waals surface area contributed by atoms with E-state index in [2.05, 4.69) is 0 Å². The van der Waals surface area contributed by atoms with Gasteiger partial charge in [0.25, 0.3) is 0 Å². The zero-order valence-electron chi connectivity index (χ0n) is 9.16. The van der Waals surface area contributed by atoms with E-state index in [1.807, 2.05) is 38.1 Å². The molecule has 0 aliphatic heterocycles. The zero-order chi connectivity index (χ0) is 11.3. The highest BCUT2D eigenvalue weighted by Crippen LogP contribution is 2.22. The average Bonchev–Trinajstić information content (AvgIpc) is 2.17. The maximum Gasteiger partial charge on any atom is 0.125 e. The van der Waals surface area contributed by atoms with Crippen molar-refractivity contribution >= 4 is 0 Å². The molecule has 0 spiro atoms. The Bertz CT molecular complexity index is 348. The van der Waals surface area contributed by atoms with Gasteiger partial charge in [0.1, 0.15) is 12.4 Å². The molecule has 0 radical (unpaired) electrons. The first-order valence-electron chi connectivity index (χ1n) is 4.96. The summed E-state index contributed by atoms with van der Waals surface area (Å²) in [7, 11) is 0. The van der Waals surface area contributed by atoms with E-state index < -0.39 is 0 Å². The first-order chi connectivity index (χ1) is 7.15. The number of aryl methyl sites for hydroxylation is 2. The van der Waals surface area contributed by atoms with Crippen LogP contribution in [0.5, 0.6) is 5.75 Å². The minimum Gasteiger partial charge on any atom is -0.491 e. The Morgan fingerprint density at radius 2 is 2.00 bits per heavy atom. The van der Waals surface area contributed by atoms with E-state index in [0.29, 0.717) is 13.0 Å². The lowest BCUT2D eigenvalue weighted by molar-refractivity contribution is 0.286. The first kappa shape index (κ1) is 11.5. The number of nitrogens with two attached hydrogens (primary N) is 1. The molecule has 0 bridgehead atoms. The van der Waals surface area contributed by atoms with Crippen LogP contribution >= 0.6 is 0 Å². The van der Waals surface area contributed by atoms with Crippen LogP contribution in [0.25, 0.3) is 0 Å². The van der Waals surface area contributed by atoms with Crippen LogP contribution < -0.4 is 10.5 Å². The number of para-hydroxylation sites is 1. The second-order valence-corrected chi connectivity index (χ2v) is 3.65. The molecule has 1 aromatic carbocycles. The molecule has 0 saturated heterocycles. The predicted molar refractivity (Wildman–Crippen MR) is 59.6 cm³/mol. The third-order valence-corrected chi connectivity index (χ3v) is 2.20. The van der Waals surface area contributed by atoms with Crippen molar-refractivity contribution in [1.29, 1.82) is 5.26 Å². The largest absolute Gasteiger partial charge is 0.491 e. The van der Waals surface area contributed by atoms with Crippen LogP contribution in [0.15, 0.2) is 18.2 Å². The molecule has 2 N–H and O–H groups in total. The number of nitrogens with zero attached hydrogens (tertiary/aromatic N) is 1. The topological polar surface area (TPSA) is 59.0 Å². The smallest absolute Gasteiger partial charge is 0.125 e. The van der Waals surface area contributed by atoms with E-state index in [9.17, 15) is 0 Å². The lowest BCUT2D eigenvalue weighted by Gasteiger charge is -2.14. The molecule has 1 rings (SSSR count). The van der Waals surface area contributed by atoms with Crippen LogP contribution in [0.1, 0.15) is 17.5 Å². The second-order valence-electron chi connectivity index (χ2n) is 3.65. The first-order valence-corrected chi connectivity index (χ1v) is 4.96. The number of nitriles is 1. The van der Waals surface area contributed by atoms with Crippen LogP contribution in [0.3, 0.4) is 0 Å². The Hall–Kier alpha value is -1.53. The van der Waals surface area contributed by atoms with Crippen LogP contribution in [-0.4, -0.2) is 12.6 Å². The molecule has 0 aliphatic carbocycles. The summed E-state index contributed by atoms with van der Waals surface area (Å²) in [5.41, 5.74) is 7.88. The fourth-order valence-electron chi connectivity index (χ4n) is 1.39. The molecule has 0 saturated carbocycles. The molecule has 3 heteroatoms. The van der Waals surface area contributed by atoms with E-state index in [0.717, 1.165) is 16.9 Å². The zero-order valence-corrected chi connectivity index (χ0v) is 9.16. The minimum absolute atomic E-state index is 0.214. The molecule has 0 aliphatic rings. The molecule has 1 atom stereocenters. The summed E-state index contributed by atoms with van der Waals surface area (Å²) in [6.07, 6.45) is 0.324. The van der Waals surface area contributed by atoms with Gasteiger partial charge in [0.05, 0.1) is 18.5 Å². The highest BCUT2D eigenvalue weighted by Gasteiger charge is 2.06. The highest BCUT2D eigenvalue weighted by atomic mass is 16.5.